The number of carbonyl (C=O) groups excluding carboxylic acids is 1. The quantitative estimate of drug-likeness (QED) is 0.668. The highest BCUT2D eigenvalue weighted by molar-refractivity contribution is 7.93. The summed E-state index contributed by atoms with van der Waals surface area (Å²) >= 11 is 0. The zero-order valence-electron chi connectivity index (χ0n) is 16.7. The van der Waals surface area contributed by atoms with Gasteiger partial charge in [0, 0.05) is 23.5 Å². The fraction of sp³-hybridized carbons (Fsp3) is 0.429. The number of nitrogens with zero attached hydrogens (tertiary/aromatic N) is 3. The molecule has 3 heterocycles. The summed E-state index contributed by atoms with van der Waals surface area (Å²) in [6.07, 6.45) is 4.42. The van der Waals surface area contributed by atoms with Crippen molar-refractivity contribution >= 4 is 32.7 Å². The van der Waals surface area contributed by atoms with Crippen LogP contribution in [0.5, 0.6) is 0 Å². The van der Waals surface area contributed by atoms with Gasteiger partial charge in [-0.05, 0) is 25.0 Å². The predicted molar refractivity (Wildman–Crippen MR) is 115 cm³/mol. The number of aromatic amines is 1. The van der Waals surface area contributed by atoms with Gasteiger partial charge in [-0.15, -0.1) is 0 Å². The van der Waals surface area contributed by atoms with Gasteiger partial charge < -0.3 is 9.88 Å². The fourth-order valence-electron chi connectivity index (χ4n) is 4.45. The highest BCUT2D eigenvalue weighted by Gasteiger charge is 2.29. The lowest BCUT2D eigenvalue weighted by Gasteiger charge is -2.27. The number of benzene rings is 1. The summed E-state index contributed by atoms with van der Waals surface area (Å²) < 4.78 is 29.8. The van der Waals surface area contributed by atoms with Gasteiger partial charge in [0.2, 0.25) is 10.0 Å². The highest BCUT2D eigenvalue weighted by Crippen LogP contribution is 2.26. The molecule has 8 nitrogen and oxygen atoms in total. The van der Waals surface area contributed by atoms with Gasteiger partial charge in [-0.25, -0.2) is 8.42 Å². The summed E-state index contributed by atoms with van der Waals surface area (Å²) in [5.74, 6) is 0.276. The van der Waals surface area contributed by atoms with Crippen LogP contribution >= 0.6 is 0 Å². The van der Waals surface area contributed by atoms with Crippen LogP contribution in [0.2, 0.25) is 0 Å². The van der Waals surface area contributed by atoms with Crippen LogP contribution in [0, 0.1) is 0 Å². The van der Waals surface area contributed by atoms with Crippen LogP contribution in [-0.4, -0.2) is 45.8 Å². The molecule has 0 atom stereocenters. The summed E-state index contributed by atoms with van der Waals surface area (Å²) in [5.41, 5.74) is 2.32. The van der Waals surface area contributed by atoms with Crippen molar-refractivity contribution in [3.05, 3.63) is 47.8 Å². The zero-order valence-corrected chi connectivity index (χ0v) is 17.5. The van der Waals surface area contributed by atoms with Crippen LogP contribution in [-0.2, 0) is 23.1 Å². The summed E-state index contributed by atoms with van der Waals surface area (Å²) in [6, 6.07) is 11.4. The summed E-state index contributed by atoms with van der Waals surface area (Å²) in [7, 11) is -3.43. The topological polar surface area (TPSA) is 100 Å². The number of nitrogens with one attached hydrogen (secondary N) is 2. The second kappa shape index (κ2) is 7.46. The molecule has 1 fully saturated rings. The number of fused-ring (bicyclic) bond motifs is 2. The molecule has 0 spiro atoms. The molecule has 158 valence electrons. The number of anilines is 1. The van der Waals surface area contributed by atoms with Gasteiger partial charge in [-0.3, -0.25) is 14.2 Å². The van der Waals surface area contributed by atoms with Crippen LogP contribution < -0.4 is 4.72 Å². The largest absolute Gasteiger partial charge is 0.351 e. The molecule has 2 aliphatic rings. The molecule has 1 aliphatic heterocycles. The molecule has 1 aromatic carbocycles. The SMILES string of the molecule is O=C(c1cc2ccccc2[nH]1)N1CCn2nc(NS(=O)(=O)C3CCCCC3)cc2C1. The highest BCUT2D eigenvalue weighted by atomic mass is 32.2. The Hall–Kier alpha value is -2.81. The molecular formula is C21H25N5O3S. The van der Waals surface area contributed by atoms with Crippen molar-refractivity contribution < 1.29 is 13.2 Å². The molecule has 5 rings (SSSR count). The van der Waals surface area contributed by atoms with E-state index in [1.165, 1.54) is 0 Å². The van der Waals surface area contributed by atoms with E-state index in [4.69, 9.17) is 0 Å². The number of aromatic nitrogens is 3. The van der Waals surface area contributed by atoms with Crippen LogP contribution in [0.15, 0.2) is 36.4 Å². The maximum atomic E-state index is 13.0. The fourth-order valence-corrected chi connectivity index (χ4v) is 5.96. The smallest absolute Gasteiger partial charge is 0.270 e. The number of rotatable bonds is 4. The van der Waals surface area contributed by atoms with Crippen molar-refractivity contribution in [3.8, 4) is 0 Å². The van der Waals surface area contributed by atoms with E-state index in [1.807, 2.05) is 30.3 Å². The molecule has 2 N–H and O–H groups in total. The van der Waals surface area contributed by atoms with Crippen molar-refractivity contribution in [2.24, 2.45) is 0 Å². The lowest BCUT2D eigenvalue weighted by Crippen LogP contribution is -2.38. The van der Waals surface area contributed by atoms with Crippen LogP contribution in [0.3, 0.4) is 0 Å². The van der Waals surface area contributed by atoms with Crippen molar-refractivity contribution in [1.29, 1.82) is 0 Å². The Morgan fingerprint density at radius 3 is 2.70 bits per heavy atom. The third-order valence-electron chi connectivity index (χ3n) is 6.08. The zero-order chi connectivity index (χ0) is 20.7. The number of H-pyrrole nitrogens is 1. The van der Waals surface area contributed by atoms with Crippen molar-refractivity contribution in [2.75, 3.05) is 11.3 Å². The van der Waals surface area contributed by atoms with Gasteiger partial charge in [0.15, 0.2) is 5.82 Å². The van der Waals surface area contributed by atoms with E-state index in [0.29, 0.717) is 44.0 Å². The Balaban J connectivity index is 1.31. The van der Waals surface area contributed by atoms with Crippen LogP contribution in [0.4, 0.5) is 5.82 Å². The number of para-hydroxylation sites is 1. The first-order chi connectivity index (χ1) is 14.5. The first kappa shape index (κ1) is 19.2. The summed E-state index contributed by atoms with van der Waals surface area (Å²) in [5, 5.41) is 5.07. The van der Waals surface area contributed by atoms with Crippen molar-refractivity contribution in [2.45, 2.75) is 50.4 Å². The van der Waals surface area contributed by atoms with E-state index in [0.717, 1.165) is 35.9 Å². The molecule has 0 radical (unpaired) electrons. The Morgan fingerprint density at radius 2 is 1.90 bits per heavy atom. The lowest BCUT2D eigenvalue weighted by molar-refractivity contribution is 0.0701. The van der Waals surface area contributed by atoms with E-state index in [1.54, 1.807) is 15.6 Å². The number of carbonyl (C=O) groups is 1. The average Bonchev–Trinajstić information content (AvgIpc) is 3.36. The molecule has 1 aliphatic carbocycles. The minimum absolute atomic E-state index is 0.0667. The van der Waals surface area contributed by atoms with Gasteiger partial charge in [0.25, 0.3) is 5.91 Å². The van der Waals surface area contributed by atoms with Crippen molar-refractivity contribution in [1.82, 2.24) is 19.7 Å². The standard InChI is InChI=1S/C21H25N5O3S/c27-21(19-12-15-6-4-5-9-18(15)22-19)25-10-11-26-16(14-25)13-20(23-26)24-30(28,29)17-7-2-1-3-8-17/h4-6,9,12-13,17,22H,1-3,7-8,10-11,14H2,(H,23,24). The molecule has 3 aromatic rings. The Kier molecular flexibility index (Phi) is 4.77. The second-order valence-corrected chi connectivity index (χ2v) is 10.1. The van der Waals surface area contributed by atoms with Gasteiger partial charge in [-0.1, -0.05) is 37.5 Å². The van der Waals surface area contributed by atoms with E-state index in [9.17, 15) is 13.2 Å². The molecule has 1 saturated carbocycles. The first-order valence-electron chi connectivity index (χ1n) is 10.4. The monoisotopic (exact) mass is 427 g/mol. The average molecular weight is 428 g/mol. The van der Waals surface area contributed by atoms with Gasteiger partial charge in [0.05, 0.1) is 24.0 Å². The molecule has 0 unspecified atom stereocenters. The molecule has 0 saturated heterocycles. The van der Waals surface area contributed by atoms with Gasteiger partial charge in [-0.2, -0.15) is 5.10 Å². The molecular weight excluding hydrogens is 402 g/mol. The minimum Gasteiger partial charge on any atom is -0.351 e. The van der Waals surface area contributed by atoms with Crippen LogP contribution in [0.25, 0.3) is 10.9 Å². The number of hydrogen-bond acceptors (Lipinski definition) is 4. The van der Waals surface area contributed by atoms with Gasteiger partial charge >= 0.3 is 0 Å². The molecule has 2 aromatic heterocycles. The van der Waals surface area contributed by atoms with E-state index in [-0.39, 0.29) is 11.2 Å². The Morgan fingerprint density at radius 1 is 1.10 bits per heavy atom. The predicted octanol–water partition coefficient (Wildman–Crippen LogP) is 3.09. The Labute approximate surface area is 175 Å². The summed E-state index contributed by atoms with van der Waals surface area (Å²) in [6.45, 7) is 1.45. The maximum absolute atomic E-state index is 13.0. The molecule has 0 bridgehead atoms. The second-order valence-electron chi connectivity index (χ2n) is 8.15. The lowest BCUT2D eigenvalue weighted by atomic mass is 10.0. The van der Waals surface area contributed by atoms with Gasteiger partial charge in [0.1, 0.15) is 5.69 Å². The van der Waals surface area contributed by atoms with E-state index < -0.39 is 10.0 Å². The minimum atomic E-state index is -3.43. The van der Waals surface area contributed by atoms with E-state index >= 15 is 0 Å². The van der Waals surface area contributed by atoms with Crippen LogP contribution in [0.1, 0.15) is 48.3 Å². The number of hydrogen-bond donors (Lipinski definition) is 2. The maximum Gasteiger partial charge on any atom is 0.270 e. The van der Waals surface area contributed by atoms with Crippen molar-refractivity contribution in [3.63, 3.8) is 0 Å². The first-order valence-corrected chi connectivity index (χ1v) is 12.0. The third kappa shape index (κ3) is 3.58. The number of sulfonamides is 1. The third-order valence-corrected chi connectivity index (χ3v) is 7.93. The Bertz CT molecular complexity index is 1160. The number of amides is 1. The summed E-state index contributed by atoms with van der Waals surface area (Å²) in [4.78, 5) is 17.9. The van der Waals surface area contributed by atoms with E-state index in [2.05, 4.69) is 14.8 Å². The molecule has 30 heavy (non-hydrogen) atoms. The molecule has 9 heteroatoms. The normalized spacial score (nSPS) is 17.8. The molecule has 1 amide bonds.